The first-order valence-corrected chi connectivity index (χ1v) is 3.06. The molecule has 0 N–H and O–H groups in total. The first-order chi connectivity index (χ1) is 3.73. The van der Waals surface area contributed by atoms with Gasteiger partial charge in [0, 0.05) is 0 Å². The molecular formula is C3H6ClLiO5. The summed E-state index contributed by atoms with van der Waals surface area (Å²) in [7, 11) is -4.94. The largest absolute Gasteiger partial charge is 1.00 e. The van der Waals surface area contributed by atoms with Crippen molar-refractivity contribution in [2.75, 3.05) is 0 Å². The number of carbonyl (C=O) groups excluding carboxylic acids is 1. The monoisotopic (exact) mass is 164 g/mol. The molecule has 10 heavy (non-hydrogen) atoms. The Morgan fingerprint density at radius 3 is 1.10 bits per heavy atom. The van der Waals surface area contributed by atoms with Crippen LogP contribution < -0.4 is 37.5 Å². The Labute approximate surface area is 72.6 Å². The van der Waals surface area contributed by atoms with Crippen molar-refractivity contribution in [3.05, 3.63) is 0 Å². The maximum Gasteiger partial charge on any atom is 1.00 e. The van der Waals surface area contributed by atoms with Gasteiger partial charge in [-0.15, -0.1) is 10.2 Å². The van der Waals surface area contributed by atoms with E-state index in [0.29, 0.717) is 0 Å². The molecule has 0 aromatic rings. The van der Waals surface area contributed by atoms with Crippen molar-refractivity contribution in [2.45, 2.75) is 13.8 Å². The Morgan fingerprint density at radius 2 is 1.10 bits per heavy atom. The van der Waals surface area contributed by atoms with Crippen molar-refractivity contribution in [3.8, 4) is 0 Å². The van der Waals surface area contributed by atoms with Gasteiger partial charge in [0.15, 0.2) is 0 Å². The molecule has 0 aromatic heterocycles. The number of carbonyl (C=O) groups is 1. The summed E-state index contributed by atoms with van der Waals surface area (Å²) in [5, 5.41) is 0. The second kappa shape index (κ2) is 7.50. The van der Waals surface area contributed by atoms with Crippen LogP contribution in [-0.4, -0.2) is 5.78 Å². The zero-order chi connectivity index (χ0) is 8.08. The molecule has 0 aliphatic heterocycles. The third kappa shape index (κ3) is 2910. The minimum atomic E-state index is -4.94. The van der Waals surface area contributed by atoms with E-state index in [1.54, 1.807) is 0 Å². The Morgan fingerprint density at radius 1 is 1.10 bits per heavy atom. The predicted molar refractivity (Wildman–Crippen MR) is 16.4 cm³/mol. The summed E-state index contributed by atoms with van der Waals surface area (Å²) in [5.41, 5.74) is 0. The summed E-state index contributed by atoms with van der Waals surface area (Å²) in [5.74, 6) is 0.167. The van der Waals surface area contributed by atoms with Gasteiger partial charge < -0.3 is 4.79 Å². The summed E-state index contributed by atoms with van der Waals surface area (Å²) in [6, 6.07) is 0. The fourth-order valence-corrected chi connectivity index (χ4v) is 0. The second-order valence-corrected chi connectivity index (χ2v) is 2.04. The van der Waals surface area contributed by atoms with Crippen LogP contribution in [0.1, 0.15) is 13.8 Å². The number of halogens is 1. The molecule has 0 saturated carbocycles. The van der Waals surface area contributed by atoms with Gasteiger partial charge in [0.2, 0.25) is 0 Å². The van der Waals surface area contributed by atoms with Crippen LogP contribution in [0, 0.1) is 10.2 Å². The van der Waals surface area contributed by atoms with Gasteiger partial charge in [-0.1, -0.05) is 0 Å². The van der Waals surface area contributed by atoms with Crippen LogP contribution in [0.4, 0.5) is 0 Å². The number of Topliss-reactive ketones (excluding diaryl/α,β-unsaturated/α-hetero) is 1. The summed E-state index contributed by atoms with van der Waals surface area (Å²) in [6.07, 6.45) is 0. The minimum absolute atomic E-state index is 0. The van der Waals surface area contributed by atoms with Crippen molar-refractivity contribution in [2.24, 2.45) is 0 Å². The van der Waals surface area contributed by atoms with Crippen molar-refractivity contribution < 1.29 is 52.5 Å². The molecule has 7 heteroatoms. The van der Waals surface area contributed by atoms with E-state index in [1.165, 1.54) is 13.8 Å². The van der Waals surface area contributed by atoms with E-state index in [2.05, 4.69) is 0 Å². The van der Waals surface area contributed by atoms with Gasteiger partial charge in [0.1, 0.15) is 5.78 Å². The van der Waals surface area contributed by atoms with Crippen LogP contribution in [0.25, 0.3) is 0 Å². The summed E-state index contributed by atoms with van der Waals surface area (Å²) >= 11 is 0. The smallest absolute Gasteiger partial charge is 0.300 e. The van der Waals surface area contributed by atoms with Crippen molar-refractivity contribution in [1.29, 1.82) is 0 Å². The number of rotatable bonds is 0. The van der Waals surface area contributed by atoms with Crippen LogP contribution in [0.3, 0.4) is 0 Å². The SMILES string of the molecule is CC(C)=O.[Li+].[O-][Cl+3]([O-])([O-])[O-]. The molecule has 0 bridgehead atoms. The van der Waals surface area contributed by atoms with E-state index in [-0.39, 0.29) is 24.6 Å². The number of ketones is 1. The summed E-state index contributed by atoms with van der Waals surface area (Å²) < 4.78 is 34.0. The summed E-state index contributed by atoms with van der Waals surface area (Å²) in [6.45, 7) is 3.06. The van der Waals surface area contributed by atoms with Crippen LogP contribution >= 0.6 is 0 Å². The first kappa shape index (κ1) is 16.8. The zero-order valence-corrected chi connectivity index (χ0v) is 6.68. The molecule has 0 rings (SSSR count). The normalized spacial score (nSPS) is 8.60. The van der Waals surface area contributed by atoms with E-state index < -0.39 is 10.2 Å². The topological polar surface area (TPSA) is 109 Å². The quantitative estimate of drug-likeness (QED) is 0.331. The third-order valence-electron chi connectivity index (χ3n) is 0. The molecule has 0 heterocycles. The van der Waals surface area contributed by atoms with Crippen molar-refractivity contribution >= 4 is 5.78 Å². The van der Waals surface area contributed by atoms with Crippen LogP contribution in [0.5, 0.6) is 0 Å². The van der Waals surface area contributed by atoms with Gasteiger partial charge in [-0.3, -0.25) is 0 Å². The fraction of sp³-hybridized carbons (Fsp3) is 0.667. The summed E-state index contributed by atoms with van der Waals surface area (Å²) in [4.78, 5) is 9.44. The Bertz CT molecular complexity index is 79.4. The molecule has 0 aromatic carbocycles. The molecule has 0 amide bonds. The molecule has 0 unspecified atom stereocenters. The molecule has 0 fully saturated rings. The van der Waals surface area contributed by atoms with Gasteiger partial charge in [0.05, 0.1) is 0 Å². The van der Waals surface area contributed by atoms with Crippen molar-refractivity contribution in [1.82, 2.24) is 0 Å². The molecule has 5 nitrogen and oxygen atoms in total. The van der Waals surface area contributed by atoms with Crippen LogP contribution in [0.15, 0.2) is 0 Å². The zero-order valence-electron chi connectivity index (χ0n) is 5.92. The molecule has 0 atom stereocenters. The molecule has 0 spiro atoms. The van der Waals surface area contributed by atoms with E-state index in [9.17, 15) is 4.79 Å². The molecule has 0 aliphatic carbocycles. The van der Waals surface area contributed by atoms with Crippen LogP contribution in [0.2, 0.25) is 0 Å². The molecular weight excluding hydrogens is 158 g/mol. The number of hydrogen-bond donors (Lipinski definition) is 0. The minimum Gasteiger partial charge on any atom is -0.300 e. The Kier molecular flexibility index (Phi) is 12.6. The average Bonchev–Trinajstić information content (AvgIpc) is 1.19. The van der Waals surface area contributed by atoms with Gasteiger partial charge >= 0.3 is 18.9 Å². The second-order valence-electron chi connectivity index (χ2n) is 1.29. The van der Waals surface area contributed by atoms with Crippen LogP contribution in [-0.2, 0) is 4.79 Å². The van der Waals surface area contributed by atoms with E-state index >= 15 is 0 Å². The average molecular weight is 164 g/mol. The predicted octanol–water partition coefficient (Wildman–Crippen LogP) is -7.16. The molecule has 0 aliphatic rings. The van der Waals surface area contributed by atoms with E-state index in [1.807, 2.05) is 0 Å². The number of hydrogen-bond acceptors (Lipinski definition) is 5. The van der Waals surface area contributed by atoms with Gasteiger partial charge in [0.25, 0.3) is 0 Å². The molecule has 56 valence electrons. The molecule has 0 saturated heterocycles. The van der Waals surface area contributed by atoms with Gasteiger partial charge in [-0.05, 0) is 13.8 Å². The maximum absolute atomic E-state index is 9.44. The Balaban J connectivity index is -0.0000000910. The van der Waals surface area contributed by atoms with E-state index in [0.717, 1.165) is 0 Å². The fourth-order valence-electron chi connectivity index (χ4n) is 0. The molecule has 0 radical (unpaired) electrons. The van der Waals surface area contributed by atoms with E-state index in [4.69, 9.17) is 18.6 Å². The van der Waals surface area contributed by atoms with Crippen molar-refractivity contribution in [3.63, 3.8) is 0 Å². The van der Waals surface area contributed by atoms with Gasteiger partial charge in [-0.2, -0.15) is 0 Å². The Hall–Kier alpha value is 0.397. The first-order valence-electron chi connectivity index (χ1n) is 1.82. The standard InChI is InChI=1S/C3H6O.ClHO4.Li/c1-3(2)4;2-1(3,4)5;/h1-2H3;(H,2,3,4,5);/q;;+1/p-1. The third-order valence-corrected chi connectivity index (χ3v) is 0. The maximum atomic E-state index is 9.44. The van der Waals surface area contributed by atoms with Gasteiger partial charge in [-0.25, -0.2) is 18.6 Å².